The van der Waals surface area contributed by atoms with Crippen LogP contribution < -0.4 is 11.2 Å². The van der Waals surface area contributed by atoms with Gasteiger partial charge in [-0.15, -0.1) is 11.6 Å². The average molecular weight is 265 g/mol. The Hall–Kier alpha value is -1.18. The van der Waals surface area contributed by atoms with Crippen LogP contribution in [-0.4, -0.2) is 32.7 Å². The highest BCUT2D eigenvalue weighted by atomic mass is 35.5. The zero-order chi connectivity index (χ0) is 12.6. The number of rotatable bonds is 2. The molecule has 1 saturated heterocycles. The molecule has 17 heavy (non-hydrogen) atoms. The highest BCUT2D eigenvalue weighted by Crippen LogP contribution is 2.27. The Morgan fingerprint density at radius 3 is 2.94 bits per heavy atom. The van der Waals surface area contributed by atoms with Crippen LogP contribution in [0.4, 0.5) is 4.39 Å². The zero-order valence-corrected chi connectivity index (χ0v) is 9.35. The monoisotopic (exact) mass is 264 g/mol. The molecule has 94 valence electrons. The standard InChI is InChI=1S/C9H10ClFN2O4/c10-2-6-5(14)1-7(17-6)13-3-4(11)8(15)12-9(13)16/h3,5-7,14H,1-2H2,(H,12,15,16)/t5-,6+,7+/m0/s1. The summed E-state index contributed by atoms with van der Waals surface area (Å²) in [5, 5.41) is 9.54. The summed E-state index contributed by atoms with van der Waals surface area (Å²) in [6.07, 6.45) is -1.38. The zero-order valence-electron chi connectivity index (χ0n) is 8.60. The van der Waals surface area contributed by atoms with Crippen molar-refractivity contribution in [1.29, 1.82) is 0 Å². The molecule has 6 nitrogen and oxygen atoms in total. The molecule has 1 aliphatic rings. The summed E-state index contributed by atoms with van der Waals surface area (Å²) in [5.41, 5.74) is -1.87. The molecule has 2 rings (SSSR count). The minimum absolute atomic E-state index is 0.0677. The molecule has 8 heteroatoms. The number of hydrogen-bond donors (Lipinski definition) is 2. The molecular weight excluding hydrogens is 255 g/mol. The summed E-state index contributed by atoms with van der Waals surface area (Å²) < 4.78 is 19.2. The van der Waals surface area contributed by atoms with Crippen molar-refractivity contribution < 1.29 is 14.2 Å². The molecule has 0 saturated carbocycles. The molecule has 2 N–H and O–H groups in total. The van der Waals surface area contributed by atoms with Gasteiger partial charge in [0.25, 0.3) is 5.56 Å². The van der Waals surface area contributed by atoms with Gasteiger partial charge >= 0.3 is 5.69 Å². The molecule has 1 fully saturated rings. The van der Waals surface area contributed by atoms with E-state index in [-0.39, 0.29) is 12.3 Å². The molecule has 3 atom stereocenters. The number of aromatic nitrogens is 2. The Labute approximate surface area is 99.6 Å². The third-order valence-electron chi connectivity index (χ3n) is 2.59. The van der Waals surface area contributed by atoms with Crippen molar-refractivity contribution in [2.24, 2.45) is 0 Å². The second kappa shape index (κ2) is 4.59. The van der Waals surface area contributed by atoms with Gasteiger partial charge in [-0.2, -0.15) is 4.39 Å². The summed E-state index contributed by atoms with van der Waals surface area (Å²) in [5.74, 6) is -1.02. The van der Waals surface area contributed by atoms with E-state index < -0.39 is 35.5 Å². The highest BCUT2D eigenvalue weighted by Gasteiger charge is 2.35. The van der Waals surface area contributed by atoms with Crippen LogP contribution in [0.3, 0.4) is 0 Å². The third kappa shape index (κ3) is 2.26. The van der Waals surface area contributed by atoms with Crippen LogP contribution in [0.1, 0.15) is 12.6 Å². The van der Waals surface area contributed by atoms with E-state index in [2.05, 4.69) is 0 Å². The fraction of sp³-hybridized carbons (Fsp3) is 0.556. The number of nitrogens with one attached hydrogen (secondary N) is 1. The number of ether oxygens (including phenoxy) is 1. The van der Waals surface area contributed by atoms with Gasteiger partial charge in [-0.1, -0.05) is 0 Å². The van der Waals surface area contributed by atoms with Crippen molar-refractivity contribution in [3.8, 4) is 0 Å². The molecule has 0 aliphatic carbocycles. The van der Waals surface area contributed by atoms with Crippen LogP contribution in [0.15, 0.2) is 15.8 Å². The van der Waals surface area contributed by atoms with Crippen LogP contribution in [0.5, 0.6) is 0 Å². The minimum Gasteiger partial charge on any atom is -0.390 e. The highest BCUT2D eigenvalue weighted by molar-refractivity contribution is 6.18. The van der Waals surface area contributed by atoms with Gasteiger partial charge in [0.15, 0.2) is 0 Å². The van der Waals surface area contributed by atoms with Crippen molar-refractivity contribution in [2.75, 3.05) is 5.88 Å². The molecule has 0 unspecified atom stereocenters. The third-order valence-corrected chi connectivity index (χ3v) is 2.89. The first kappa shape index (κ1) is 12.3. The van der Waals surface area contributed by atoms with Gasteiger partial charge in [0.1, 0.15) is 6.23 Å². The van der Waals surface area contributed by atoms with Crippen LogP contribution in [-0.2, 0) is 4.74 Å². The van der Waals surface area contributed by atoms with Gasteiger partial charge in [0.05, 0.1) is 24.3 Å². The minimum atomic E-state index is -1.09. The Morgan fingerprint density at radius 1 is 1.65 bits per heavy atom. The summed E-state index contributed by atoms with van der Waals surface area (Å²) in [7, 11) is 0. The number of aromatic amines is 1. The van der Waals surface area contributed by atoms with Gasteiger partial charge in [-0.3, -0.25) is 14.3 Å². The lowest BCUT2D eigenvalue weighted by Crippen LogP contribution is -2.33. The Bertz CT molecular complexity index is 528. The molecule has 1 aromatic rings. The number of hydrogen-bond acceptors (Lipinski definition) is 4. The molecule has 0 aromatic carbocycles. The fourth-order valence-corrected chi connectivity index (χ4v) is 1.98. The lowest BCUT2D eigenvalue weighted by molar-refractivity contribution is -0.00871. The number of aliphatic hydroxyl groups excluding tert-OH is 1. The molecule has 1 aliphatic heterocycles. The van der Waals surface area contributed by atoms with E-state index in [4.69, 9.17) is 16.3 Å². The number of nitrogens with zero attached hydrogens (tertiary/aromatic N) is 1. The van der Waals surface area contributed by atoms with Gasteiger partial charge < -0.3 is 9.84 Å². The Balaban J connectivity index is 2.34. The van der Waals surface area contributed by atoms with E-state index in [1.165, 1.54) is 0 Å². The first-order valence-corrected chi connectivity index (χ1v) is 5.47. The normalized spacial score (nSPS) is 28.5. The van der Waals surface area contributed by atoms with E-state index in [0.29, 0.717) is 0 Å². The largest absolute Gasteiger partial charge is 0.390 e. The lowest BCUT2D eigenvalue weighted by Gasteiger charge is -2.13. The predicted molar refractivity (Wildman–Crippen MR) is 56.5 cm³/mol. The quantitative estimate of drug-likeness (QED) is 0.710. The van der Waals surface area contributed by atoms with Gasteiger partial charge in [0, 0.05) is 6.42 Å². The van der Waals surface area contributed by atoms with E-state index in [0.717, 1.165) is 10.8 Å². The summed E-state index contributed by atoms with van der Waals surface area (Å²) >= 11 is 5.55. The first-order chi connectivity index (χ1) is 8.02. The molecule has 2 heterocycles. The molecule has 0 spiro atoms. The molecule has 0 amide bonds. The van der Waals surface area contributed by atoms with Crippen LogP contribution in [0.2, 0.25) is 0 Å². The summed E-state index contributed by atoms with van der Waals surface area (Å²) in [4.78, 5) is 24.1. The second-order valence-electron chi connectivity index (χ2n) is 3.73. The van der Waals surface area contributed by atoms with E-state index in [1.807, 2.05) is 4.98 Å². The SMILES string of the molecule is O=c1[nH]c(=O)n([C@H]2C[C@H](O)[C@@H](CCl)O2)cc1F. The number of alkyl halides is 1. The van der Waals surface area contributed by atoms with E-state index >= 15 is 0 Å². The van der Waals surface area contributed by atoms with Crippen molar-refractivity contribution in [2.45, 2.75) is 24.9 Å². The molecule has 0 bridgehead atoms. The van der Waals surface area contributed by atoms with E-state index in [1.54, 1.807) is 0 Å². The smallest absolute Gasteiger partial charge is 0.330 e. The number of halogens is 2. The van der Waals surface area contributed by atoms with Crippen molar-refractivity contribution >= 4 is 11.6 Å². The van der Waals surface area contributed by atoms with Crippen LogP contribution >= 0.6 is 11.6 Å². The van der Waals surface area contributed by atoms with Crippen LogP contribution in [0.25, 0.3) is 0 Å². The number of H-pyrrole nitrogens is 1. The van der Waals surface area contributed by atoms with Gasteiger partial charge in [-0.05, 0) is 0 Å². The molecular formula is C9H10ClFN2O4. The maximum atomic E-state index is 13.0. The molecule has 0 radical (unpaired) electrons. The number of aliphatic hydroxyl groups is 1. The van der Waals surface area contributed by atoms with Gasteiger partial charge in [-0.25, -0.2) is 4.79 Å². The fourth-order valence-electron chi connectivity index (χ4n) is 1.70. The Kier molecular flexibility index (Phi) is 3.32. The van der Waals surface area contributed by atoms with E-state index in [9.17, 15) is 19.1 Å². The van der Waals surface area contributed by atoms with Crippen molar-refractivity contribution in [3.63, 3.8) is 0 Å². The predicted octanol–water partition coefficient (Wildman–Crippen LogP) is -0.437. The lowest BCUT2D eigenvalue weighted by atomic mass is 10.2. The summed E-state index contributed by atoms with van der Waals surface area (Å²) in [6, 6.07) is 0. The maximum absolute atomic E-state index is 13.0. The van der Waals surface area contributed by atoms with Crippen molar-refractivity contribution in [3.05, 3.63) is 32.9 Å². The molecule has 1 aromatic heterocycles. The average Bonchev–Trinajstić information content (AvgIpc) is 2.65. The second-order valence-corrected chi connectivity index (χ2v) is 4.04. The van der Waals surface area contributed by atoms with Gasteiger partial charge in [0.2, 0.25) is 5.82 Å². The van der Waals surface area contributed by atoms with Crippen LogP contribution in [0, 0.1) is 5.82 Å². The first-order valence-electron chi connectivity index (χ1n) is 4.93. The summed E-state index contributed by atoms with van der Waals surface area (Å²) in [6.45, 7) is 0. The van der Waals surface area contributed by atoms with Crippen molar-refractivity contribution in [1.82, 2.24) is 9.55 Å². The topological polar surface area (TPSA) is 84.3 Å². The Morgan fingerprint density at radius 2 is 2.35 bits per heavy atom. The maximum Gasteiger partial charge on any atom is 0.330 e.